The van der Waals surface area contributed by atoms with Gasteiger partial charge in [0.1, 0.15) is 0 Å². The Morgan fingerprint density at radius 2 is 2.11 bits per heavy atom. The Morgan fingerprint density at radius 3 is 2.89 bits per heavy atom. The monoisotopic (exact) mass is 272 g/mol. The zero-order chi connectivity index (χ0) is 13.7. The molecule has 0 radical (unpaired) electrons. The third kappa shape index (κ3) is 4.51. The molecule has 0 unspecified atom stereocenters. The molecule has 2 nitrogen and oxygen atoms in total. The first kappa shape index (κ1) is 14.3. The van der Waals surface area contributed by atoms with Crippen LogP contribution in [-0.4, -0.2) is 19.3 Å². The molecule has 0 aliphatic carbocycles. The smallest absolute Gasteiger partial charge is 0.313 e. The molecule has 0 fully saturated rings. The lowest BCUT2D eigenvalue weighted by molar-refractivity contribution is -0.135. The molecule has 2 rings (SSSR count). The molecule has 0 bridgehead atoms. The third-order valence-corrected chi connectivity index (χ3v) is 3.37. The Kier molecular flexibility index (Phi) is 4.82. The second-order valence-corrected chi connectivity index (χ2v) is 4.88. The third-order valence-electron chi connectivity index (χ3n) is 3.37. The molecule has 0 saturated carbocycles. The molecule has 0 atom stereocenters. The van der Waals surface area contributed by atoms with Gasteiger partial charge in [-0.1, -0.05) is 18.2 Å². The van der Waals surface area contributed by atoms with Gasteiger partial charge in [0.2, 0.25) is 0 Å². The fraction of sp³-hybridized carbons (Fsp3) is 0.571. The number of hydrogen-bond donors (Lipinski definition) is 2. The van der Waals surface area contributed by atoms with Crippen molar-refractivity contribution in [2.24, 2.45) is 0 Å². The molecule has 0 saturated heterocycles. The molecule has 1 aromatic rings. The van der Waals surface area contributed by atoms with Crippen LogP contribution in [0.2, 0.25) is 0 Å². The van der Waals surface area contributed by atoms with E-state index in [9.17, 15) is 13.2 Å². The molecule has 1 heterocycles. The highest BCUT2D eigenvalue weighted by Crippen LogP contribution is 2.21. The molecular weight excluding hydrogens is 253 g/mol. The van der Waals surface area contributed by atoms with Crippen LogP contribution in [0.5, 0.6) is 0 Å². The summed E-state index contributed by atoms with van der Waals surface area (Å²) in [7, 11) is 0. The minimum atomic E-state index is -4.04. The molecule has 0 amide bonds. The van der Waals surface area contributed by atoms with Crippen LogP contribution in [0.1, 0.15) is 29.5 Å². The molecule has 5 heteroatoms. The standard InChI is InChI=1S/C14H19F3N2/c15-14(16,17)6-2-7-18-9-11-3-1-4-12-10-19-8-5-13(11)12/h1,3-4,18-19H,2,5-10H2. The lowest BCUT2D eigenvalue weighted by Crippen LogP contribution is -2.26. The van der Waals surface area contributed by atoms with Gasteiger partial charge in [0, 0.05) is 19.5 Å². The summed E-state index contributed by atoms with van der Waals surface area (Å²) in [4.78, 5) is 0. The van der Waals surface area contributed by atoms with Crippen molar-refractivity contribution in [3.05, 3.63) is 34.9 Å². The highest BCUT2D eigenvalue weighted by molar-refractivity contribution is 5.36. The van der Waals surface area contributed by atoms with E-state index in [-0.39, 0.29) is 6.42 Å². The zero-order valence-corrected chi connectivity index (χ0v) is 10.8. The molecule has 0 aromatic heterocycles. The van der Waals surface area contributed by atoms with E-state index >= 15 is 0 Å². The SMILES string of the molecule is FC(F)(F)CCCNCc1cccc2c1CCNC2. The number of nitrogens with one attached hydrogen (secondary N) is 2. The fourth-order valence-corrected chi connectivity index (χ4v) is 2.41. The Bertz CT molecular complexity index is 416. The van der Waals surface area contributed by atoms with Gasteiger partial charge in [0.15, 0.2) is 0 Å². The van der Waals surface area contributed by atoms with Crippen LogP contribution >= 0.6 is 0 Å². The predicted molar refractivity (Wildman–Crippen MR) is 68.8 cm³/mol. The fourth-order valence-electron chi connectivity index (χ4n) is 2.41. The van der Waals surface area contributed by atoms with Gasteiger partial charge in [0.25, 0.3) is 0 Å². The van der Waals surface area contributed by atoms with Crippen molar-refractivity contribution in [3.8, 4) is 0 Å². The molecular formula is C14H19F3N2. The van der Waals surface area contributed by atoms with E-state index in [1.807, 2.05) is 6.07 Å². The van der Waals surface area contributed by atoms with Gasteiger partial charge >= 0.3 is 6.18 Å². The Labute approximate surface area is 111 Å². The average Bonchev–Trinajstić information content (AvgIpc) is 2.37. The maximum atomic E-state index is 12.0. The van der Waals surface area contributed by atoms with E-state index < -0.39 is 12.6 Å². The average molecular weight is 272 g/mol. The summed E-state index contributed by atoms with van der Waals surface area (Å²) in [6.07, 6.45) is -3.62. The van der Waals surface area contributed by atoms with E-state index in [2.05, 4.69) is 22.8 Å². The van der Waals surface area contributed by atoms with Crippen molar-refractivity contribution in [1.29, 1.82) is 0 Å². The summed E-state index contributed by atoms with van der Waals surface area (Å²) in [6, 6.07) is 6.17. The maximum absolute atomic E-state index is 12.0. The van der Waals surface area contributed by atoms with Gasteiger partial charge in [0.05, 0.1) is 0 Å². The van der Waals surface area contributed by atoms with Crippen LogP contribution in [-0.2, 0) is 19.5 Å². The van der Waals surface area contributed by atoms with Crippen molar-refractivity contribution in [1.82, 2.24) is 10.6 Å². The lowest BCUT2D eigenvalue weighted by atomic mass is 9.95. The summed E-state index contributed by atoms with van der Waals surface area (Å²) in [5, 5.41) is 6.42. The Balaban J connectivity index is 1.80. The highest BCUT2D eigenvalue weighted by Gasteiger charge is 2.25. The minimum Gasteiger partial charge on any atom is -0.313 e. The van der Waals surface area contributed by atoms with Crippen LogP contribution in [0.4, 0.5) is 13.2 Å². The molecule has 106 valence electrons. The number of rotatable bonds is 5. The van der Waals surface area contributed by atoms with Gasteiger partial charge in [-0.15, -0.1) is 0 Å². The van der Waals surface area contributed by atoms with Crippen molar-refractivity contribution in [2.75, 3.05) is 13.1 Å². The first-order valence-electron chi connectivity index (χ1n) is 6.64. The number of hydrogen-bond acceptors (Lipinski definition) is 2. The topological polar surface area (TPSA) is 24.1 Å². The van der Waals surface area contributed by atoms with Crippen LogP contribution in [0.25, 0.3) is 0 Å². The number of benzene rings is 1. The summed E-state index contributed by atoms with van der Waals surface area (Å²) >= 11 is 0. The molecule has 1 aliphatic heterocycles. The normalized spacial score (nSPS) is 15.3. The largest absolute Gasteiger partial charge is 0.389 e. The quantitative estimate of drug-likeness (QED) is 0.805. The van der Waals surface area contributed by atoms with E-state index in [1.165, 1.54) is 16.7 Å². The maximum Gasteiger partial charge on any atom is 0.389 e. The van der Waals surface area contributed by atoms with Gasteiger partial charge in [-0.05, 0) is 42.6 Å². The lowest BCUT2D eigenvalue weighted by Gasteiger charge is -2.20. The summed E-state index contributed by atoms with van der Waals surface area (Å²) in [5.74, 6) is 0. The zero-order valence-electron chi connectivity index (χ0n) is 10.8. The molecule has 0 spiro atoms. The first-order chi connectivity index (χ1) is 9.06. The Morgan fingerprint density at radius 1 is 1.26 bits per heavy atom. The molecule has 1 aliphatic rings. The van der Waals surface area contributed by atoms with E-state index in [1.54, 1.807) is 0 Å². The van der Waals surface area contributed by atoms with Crippen molar-refractivity contribution in [2.45, 2.75) is 38.5 Å². The van der Waals surface area contributed by atoms with Crippen molar-refractivity contribution >= 4 is 0 Å². The summed E-state index contributed by atoms with van der Waals surface area (Å²) in [5.41, 5.74) is 3.87. The van der Waals surface area contributed by atoms with Crippen LogP contribution < -0.4 is 10.6 Å². The van der Waals surface area contributed by atoms with E-state index in [0.717, 1.165) is 19.5 Å². The van der Waals surface area contributed by atoms with Gasteiger partial charge in [-0.25, -0.2) is 0 Å². The second kappa shape index (κ2) is 6.39. The second-order valence-electron chi connectivity index (χ2n) is 4.88. The minimum absolute atomic E-state index is 0.139. The number of halogens is 3. The molecule has 2 N–H and O–H groups in total. The van der Waals surface area contributed by atoms with Gasteiger partial charge in [-0.2, -0.15) is 13.2 Å². The Hall–Kier alpha value is -1.07. The van der Waals surface area contributed by atoms with Crippen LogP contribution in [0, 0.1) is 0 Å². The first-order valence-corrected chi connectivity index (χ1v) is 6.64. The number of alkyl halides is 3. The predicted octanol–water partition coefficient (Wildman–Crippen LogP) is 2.76. The summed E-state index contributed by atoms with van der Waals surface area (Å²) < 4.78 is 36.0. The molecule has 1 aromatic carbocycles. The van der Waals surface area contributed by atoms with Gasteiger partial charge < -0.3 is 10.6 Å². The van der Waals surface area contributed by atoms with Crippen LogP contribution in [0.15, 0.2) is 18.2 Å². The summed E-state index contributed by atoms with van der Waals surface area (Å²) in [6.45, 7) is 2.91. The van der Waals surface area contributed by atoms with Crippen molar-refractivity contribution in [3.63, 3.8) is 0 Å². The van der Waals surface area contributed by atoms with E-state index in [0.29, 0.717) is 13.1 Å². The highest BCUT2D eigenvalue weighted by atomic mass is 19.4. The van der Waals surface area contributed by atoms with Crippen LogP contribution in [0.3, 0.4) is 0 Å². The van der Waals surface area contributed by atoms with Gasteiger partial charge in [-0.3, -0.25) is 0 Å². The number of fused-ring (bicyclic) bond motifs is 1. The van der Waals surface area contributed by atoms with E-state index in [4.69, 9.17) is 0 Å². The van der Waals surface area contributed by atoms with Crippen molar-refractivity contribution < 1.29 is 13.2 Å². The molecule has 19 heavy (non-hydrogen) atoms.